The van der Waals surface area contributed by atoms with E-state index in [1.165, 1.54) is 0 Å². The van der Waals surface area contributed by atoms with Crippen molar-refractivity contribution < 1.29 is 5.21 Å². The minimum atomic E-state index is 0.663. The Morgan fingerprint density at radius 1 is 1.42 bits per heavy atom. The quantitative estimate of drug-likeness (QED) is 0.302. The van der Waals surface area contributed by atoms with Gasteiger partial charge in [0.05, 0.1) is 5.71 Å². The van der Waals surface area contributed by atoms with Crippen LogP contribution >= 0.6 is 0 Å². The SMILES string of the molecule is C/C(Cc1ccc(N)cc1)=N\O. The Morgan fingerprint density at radius 2 is 2.00 bits per heavy atom. The molecule has 0 saturated heterocycles. The second-order valence-corrected chi connectivity index (χ2v) is 2.75. The minimum absolute atomic E-state index is 0.663. The number of rotatable bonds is 2. The van der Waals surface area contributed by atoms with Gasteiger partial charge in [0.25, 0.3) is 0 Å². The lowest BCUT2D eigenvalue weighted by molar-refractivity contribution is 0.317. The van der Waals surface area contributed by atoms with Gasteiger partial charge in [-0.25, -0.2) is 0 Å². The molecule has 1 rings (SSSR count). The molecular weight excluding hydrogens is 152 g/mol. The first-order valence-electron chi connectivity index (χ1n) is 3.74. The van der Waals surface area contributed by atoms with E-state index in [4.69, 9.17) is 10.9 Å². The average molecular weight is 164 g/mol. The molecule has 0 fully saturated rings. The largest absolute Gasteiger partial charge is 0.411 e. The molecule has 0 aliphatic rings. The summed E-state index contributed by atoms with van der Waals surface area (Å²) in [4.78, 5) is 0. The Kier molecular flexibility index (Phi) is 2.69. The van der Waals surface area contributed by atoms with E-state index in [9.17, 15) is 0 Å². The molecule has 3 heteroatoms. The molecule has 3 N–H and O–H groups in total. The van der Waals surface area contributed by atoms with Crippen LogP contribution in [0.25, 0.3) is 0 Å². The van der Waals surface area contributed by atoms with Gasteiger partial charge in [-0.1, -0.05) is 17.3 Å². The van der Waals surface area contributed by atoms with Crippen LogP contribution < -0.4 is 5.73 Å². The number of hydrogen-bond acceptors (Lipinski definition) is 3. The van der Waals surface area contributed by atoms with Crippen molar-refractivity contribution in [2.24, 2.45) is 5.16 Å². The highest BCUT2D eigenvalue weighted by molar-refractivity contribution is 5.83. The summed E-state index contributed by atoms with van der Waals surface area (Å²) < 4.78 is 0. The molecule has 1 aromatic rings. The molecule has 1 aromatic carbocycles. The molecule has 0 bridgehead atoms. The second kappa shape index (κ2) is 3.76. The fourth-order valence-corrected chi connectivity index (χ4v) is 0.966. The van der Waals surface area contributed by atoms with Crippen molar-refractivity contribution in [3.05, 3.63) is 29.8 Å². The molecule has 0 aliphatic heterocycles. The molecule has 0 aromatic heterocycles. The zero-order valence-corrected chi connectivity index (χ0v) is 6.99. The summed E-state index contributed by atoms with van der Waals surface area (Å²) in [5.41, 5.74) is 8.05. The molecule has 0 saturated carbocycles. The van der Waals surface area contributed by atoms with Gasteiger partial charge < -0.3 is 10.9 Å². The average Bonchev–Trinajstić information content (AvgIpc) is 2.09. The lowest BCUT2D eigenvalue weighted by Crippen LogP contribution is -1.97. The summed E-state index contributed by atoms with van der Waals surface area (Å²) >= 11 is 0. The first-order chi connectivity index (χ1) is 5.72. The molecule has 0 amide bonds. The van der Waals surface area contributed by atoms with E-state index >= 15 is 0 Å². The monoisotopic (exact) mass is 164 g/mol. The maximum absolute atomic E-state index is 8.41. The van der Waals surface area contributed by atoms with Crippen LogP contribution in [-0.2, 0) is 6.42 Å². The molecule has 0 unspecified atom stereocenters. The van der Waals surface area contributed by atoms with Crippen molar-refractivity contribution in [3.63, 3.8) is 0 Å². The Bertz CT molecular complexity index is 277. The Balaban J connectivity index is 2.71. The van der Waals surface area contributed by atoms with Crippen molar-refractivity contribution in [3.8, 4) is 0 Å². The Morgan fingerprint density at radius 3 is 2.50 bits per heavy atom. The third-order valence-electron chi connectivity index (χ3n) is 1.61. The lowest BCUT2D eigenvalue weighted by Gasteiger charge is -1.99. The summed E-state index contributed by atoms with van der Waals surface area (Å²) in [7, 11) is 0. The summed E-state index contributed by atoms with van der Waals surface area (Å²) in [5.74, 6) is 0. The van der Waals surface area contributed by atoms with Gasteiger partial charge in [0, 0.05) is 12.1 Å². The molecule has 3 nitrogen and oxygen atoms in total. The smallest absolute Gasteiger partial charge is 0.0583 e. The lowest BCUT2D eigenvalue weighted by atomic mass is 10.1. The molecule has 0 atom stereocenters. The van der Waals surface area contributed by atoms with Gasteiger partial charge in [0.15, 0.2) is 0 Å². The highest BCUT2D eigenvalue weighted by Gasteiger charge is 1.95. The van der Waals surface area contributed by atoms with Crippen LogP contribution in [0.2, 0.25) is 0 Å². The fraction of sp³-hybridized carbons (Fsp3) is 0.222. The van der Waals surface area contributed by atoms with Crippen molar-refractivity contribution in [1.29, 1.82) is 0 Å². The van der Waals surface area contributed by atoms with Gasteiger partial charge in [0.1, 0.15) is 0 Å². The number of nitrogens with zero attached hydrogens (tertiary/aromatic N) is 1. The number of nitrogen functional groups attached to an aromatic ring is 1. The highest BCUT2D eigenvalue weighted by Crippen LogP contribution is 2.06. The Labute approximate surface area is 71.5 Å². The topological polar surface area (TPSA) is 58.6 Å². The maximum Gasteiger partial charge on any atom is 0.0583 e. The standard InChI is InChI=1S/C9H12N2O/c1-7(11-12)6-8-2-4-9(10)5-3-8/h2-5,12H,6,10H2,1H3/b11-7+. The van der Waals surface area contributed by atoms with E-state index in [1.807, 2.05) is 24.3 Å². The van der Waals surface area contributed by atoms with Crippen molar-refractivity contribution >= 4 is 11.4 Å². The highest BCUT2D eigenvalue weighted by atomic mass is 16.4. The summed E-state index contributed by atoms with van der Waals surface area (Å²) in [5, 5.41) is 11.5. The zero-order chi connectivity index (χ0) is 8.97. The first-order valence-corrected chi connectivity index (χ1v) is 3.74. The van der Waals surface area contributed by atoms with Crippen LogP contribution in [0, 0.1) is 0 Å². The molecule has 0 spiro atoms. The van der Waals surface area contributed by atoms with E-state index in [2.05, 4.69) is 5.16 Å². The van der Waals surface area contributed by atoms with E-state index in [-0.39, 0.29) is 0 Å². The maximum atomic E-state index is 8.41. The van der Waals surface area contributed by atoms with E-state index < -0.39 is 0 Å². The first kappa shape index (κ1) is 8.59. The van der Waals surface area contributed by atoms with Crippen LogP contribution in [0.4, 0.5) is 5.69 Å². The number of anilines is 1. The van der Waals surface area contributed by atoms with Gasteiger partial charge in [-0.2, -0.15) is 0 Å². The van der Waals surface area contributed by atoms with Gasteiger partial charge in [0.2, 0.25) is 0 Å². The Hall–Kier alpha value is -1.51. The number of benzene rings is 1. The molecular formula is C9H12N2O. The molecule has 12 heavy (non-hydrogen) atoms. The van der Waals surface area contributed by atoms with Crippen molar-refractivity contribution in [2.45, 2.75) is 13.3 Å². The van der Waals surface area contributed by atoms with Gasteiger partial charge in [-0.05, 0) is 24.6 Å². The zero-order valence-electron chi connectivity index (χ0n) is 6.99. The summed E-state index contributed by atoms with van der Waals surface area (Å²) in [6.45, 7) is 1.77. The number of hydrogen-bond donors (Lipinski definition) is 2. The summed E-state index contributed by atoms with van der Waals surface area (Å²) in [6, 6.07) is 7.51. The van der Waals surface area contributed by atoms with Gasteiger partial charge in [-0.15, -0.1) is 0 Å². The molecule has 0 radical (unpaired) electrons. The van der Waals surface area contributed by atoms with E-state index in [0.717, 1.165) is 11.3 Å². The minimum Gasteiger partial charge on any atom is -0.411 e. The molecule has 0 heterocycles. The summed E-state index contributed by atoms with van der Waals surface area (Å²) in [6.07, 6.45) is 0.663. The van der Waals surface area contributed by atoms with Crippen molar-refractivity contribution in [1.82, 2.24) is 0 Å². The van der Waals surface area contributed by atoms with E-state index in [0.29, 0.717) is 12.1 Å². The predicted molar refractivity (Wildman–Crippen MR) is 49.5 cm³/mol. The second-order valence-electron chi connectivity index (χ2n) is 2.75. The molecule has 0 aliphatic carbocycles. The molecule has 64 valence electrons. The predicted octanol–water partition coefficient (Wildman–Crippen LogP) is 1.66. The van der Waals surface area contributed by atoms with Crippen LogP contribution in [0.1, 0.15) is 12.5 Å². The van der Waals surface area contributed by atoms with Crippen LogP contribution in [-0.4, -0.2) is 10.9 Å². The van der Waals surface area contributed by atoms with Gasteiger partial charge >= 0.3 is 0 Å². The number of oxime groups is 1. The fourth-order valence-electron chi connectivity index (χ4n) is 0.966. The van der Waals surface area contributed by atoms with Gasteiger partial charge in [-0.3, -0.25) is 0 Å². The third kappa shape index (κ3) is 2.27. The third-order valence-corrected chi connectivity index (χ3v) is 1.61. The van der Waals surface area contributed by atoms with Crippen LogP contribution in [0.15, 0.2) is 29.4 Å². The normalized spacial score (nSPS) is 11.6. The van der Waals surface area contributed by atoms with Crippen LogP contribution in [0.5, 0.6) is 0 Å². The van der Waals surface area contributed by atoms with E-state index in [1.54, 1.807) is 6.92 Å². The number of nitrogens with two attached hydrogens (primary N) is 1. The van der Waals surface area contributed by atoms with Crippen LogP contribution in [0.3, 0.4) is 0 Å². The van der Waals surface area contributed by atoms with Crippen molar-refractivity contribution in [2.75, 3.05) is 5.73 Å².